The van der Waals surface area contributed by atoms with Crippen molar-refractivity contribution in [3.8, 4) is 5.75 Å². The highest BCUT2D eigenvalue weighted by Gasteiger charge is 2.16. The molecule has 0 heterocycles. The van der Waals surface area contributed by atoms with Crippen molar-refractivity contribution in [1.29, 1.82) is 0 Å². The van der Waals surface area contributed by atoms with E-state index in [-0.39, 0.29) is 23.8 Å². The number of hydrogen-bond donors (Lipinski definition) is 0. The van der Waals surface area contributed by atoms with E-state index in [1.165, 1.54) is 24.9 Å². The van der Waals surface area contributed by atoms with Crippen molar-refractivity contribution in [1.82, 2.24) is 0 Å². The van der Waals surface area contributed by atoms with Gasteiger partial charge in [0.1, 0.15) is 0 Å². The van der Waals surface area contributed by atoms with Gasteiger partial charge in [0, 0.05) is 16.7 Å². The van der Waals surface area contributed by atoms with Crippen LogP contribution in [0, 0.1) is 16.0 Å². The number of methoxy groups -OCH3 is 1. The second kappa shape index (κ2) is 11.7. The van der Waals surface area contributed by atoms with E-state index in [9.17, 15) is 14.9 Å². The first kappa shape index (κ1) is 21.3. The topological polar surface area (TPSA) is 78.7 Å². The Bertz CT molecular complexity index is 564. The maximum absolute atomic E-state index is 11.8. The predicted octanol–water partition coefficient (Wildman–Crippen LogP) is 4.85. The fourth-order valence-corrected chi connectivity index (χ4v) is 3.20. The molecule has 0 aromatic heterocycles. The molecule has 140 valence electrons. The quantitative estimate of drug-likeness (QED) is 0.227. The molecule has 0 aliphatic heterocycles. The van der Waals surface area contributed by atoms with Gasteiger partial charge < -0.3 is 9.47 Å². The van der Waals surface area contributed by atoms with E-state index in [0.29, 0.717) is 18.3 Å². The number of ether oxygens (including phenoxy) is 2. The molecule has 0 bridgehead atoms. The summed E-state index contributed by atoms with van der Waals surface area (Å²) in [5, 5.41) is 11.0. The van der Waals surface area contributed by atoms with Crippen molar-refractivity contribution in [2.24, 2.45) is 5.92 Å². The summed E-state index contributed by atoms with van der Waals surface area (Å²) in [4.78, 5) is 23.1. The number of nitro benzene ring substituents is 1. The number of esters is 1. The average molecular weight is 369 g/mol. The number of carbonyl (C=O) groups is 1. The van der Waals surface area contributed by atoms with Gasteiger partial charge in [-0.2, -0.15) is 0 Å². The smallest absolute Gasteiger partial charge is 0.312 e. The molecule has 1 unspecified atom stereocenters. The Hall–Kier alpha value is -1.76. The second-order valence-corrected chi connectivity index (χ2v) is 6.96. The van der Waals surface area contributed by atoms with E-state index < -0.39 is 4.92 Å². The van der Waals surface area contributed by atoms with Crippen molar-refractivity contribution in [3.63, 3.8) is 0 Å². The van der Waals surface area contributed by atoms with Crippen molar-refractivity contribution in [2.45, 2.75) is 50.8 Å². The van der Waals surface area contributed by atoms with Crippen molar-refractivity contribution in [3.05, 3.63) is 28.3 Å². The number of nitrogens with zero attached hydrogens (tertiary/aromatic N) is 1. The van der Waals surface area contributed by atoms with E-state index >= 15 is 0 Å². The zero-order valence-corrected chi connectivity index (χ0v) is 16.0. The van der Waals surface area contributed by atoms with Gasteiger partial charge in [0.05, 0.1) is 25.1 Å². The molecule has 25 heavy (non-hydrogen) atoms. The first-order valence-electron chi connectivity index (χ1n) is 8.62. The molecule has 1 aromatic carbocycles. The molecule has 0 N–H and O–H groups in total. The van der Waals surface area contributed by atoms with E-state index in [1.54, 1.807) is 12.1 Å². The maximum Gasteiger partial charge on any atom is 0.312 e. The molecule has 7 heteroatoms. The van der Waals surface area contributed by atoms with E-state index in [1.807, 2.05) is 0 Å². The first-order chi connectivity index (χ1) is 12.0. The lowest BCUT2D eigenvalue weighted by Gasteiger charge is -2.14. The third kappa shape index (κ3) is 7.77. The molecule has 0 radical (unpaired) electrons. The van der Waals surface area contributed by atoms with Crippen LogP contribution < -0.4 is 4.74 Å². The van der Waals surface area contributed by atoms with Crippen LogP contribution >= 0.6 is 11.8 Å². The number of unbranched alkanes of at least 4 members (excludes halogenated alkanes) is 1. The summed E-state index contributed by atoms with van der Waals surface area (Å²) >= 11 is 1.39. The Labute approximate surface area is 153 Å². The first-order valence-corrected chi connectivity index (χ1v) is 9.61. The number of hydrogen-bond acceptors (Lipinski definition) is 6. The minimum Gasteiger partial charge on any atom is -0.490 e. The third-order valence-electron chi connectivity index (χ3n) is 3.95. The lowest BCUT2D eigenvalue weighted by Crippen LogP contribution is -2.14. The summed E-state index contributed by atoms with van der Waals surface area (Å²) in [7, 11) is 1.40. The van der Waals surface area contributed by atoms with Gasteiger partial charge in [-0.05, 0) is 24.5 Å². The second-order valence-electron chi connectivity index (χ2n) is 5.79. The summed E-state index contributed by atoms with van der Waals surface area (Å²) in [6, 6.07) is 4.78. The van der Waals surface area contributed by atoms with Crippen LogP contribution in [0.5, 0.6) is 5.75 Å². The van der Waals surface area contributed by atoms with Gasteiger partial charge in [-0.15, -0.1) is 11.8 Å². The zero-order valence-electron chi connectivity index (χ0n) is 15.2. The zero-order chi connectivity index (χ0) is 18.7. The van der Waals surface area contributed by atoms with E-state index in [0.717, 1.165) is 30.6 Å². The minimum atomic E-state index is -0.474. The van der Waals surface area contributed by atoms with Crippen LogP contribution in [0.25, 0.3) is 0 Å². The lowest BCUT2D eigenvalue weighted by molar-refractivity contribution is -0.386. The Kier molecular flexibility index (Phi) is 9.99. The molecule has 0 fully saturated rings. The Morgan fingerprint density at radius 3 is 2.72 bits per heavy atom. The van der Waals surface area contributed by atoms with Gasteiger partial charge in [0.2, 0.25) is 0 Å². The molecule has 1 atom stereocenters. The highest BCUT2D eigenvalue weighted by molar-refractivity contribution is 7.99. The molecule has 0 spiro atoms. The van der Waals surface area contributed by atoms with Crippen molar-refractivity contribution >= 4 is 23.4 Å². The van der Waals surface area contributed by atoms with E-state index in [4.69, 9.17) is 9.47 Å². The molecule has 0 saturated heterocycles. The fraction of sp³-hybridized carbons (Fsp3) is 0.611. The number of benzene rings is 1. The van der Waals surface area contributed by atoms with Gasteiger partial charge in [0.25, 0.3) is 0 Å². The Morgan fingerprint density at radius 2 is 2.12 bits per heavy atom. The number of nitro groups is 1. The molecule has 1 rings (SSSR count). The van der Waals surface area contributed by atoms with Crippen molar-refractivity contribution < 1.29 is 19.2 Å². The van der Waals surface area contributed by atoms with Crippen LogP contribution in [-0.4, -0.2) is 30.4 Å². The largest absolute Gasteiger partial charge is 0.490 e. The average Bonchev–Trinajstić information content (AvgIpc) is 2.61. The van der Waals surface area contributed by atoms with Crippen LogP contribution in [-0.2, 0) is 9.53 Å². The molecule has 1 aromatic rings. The molecule has 0 aliphatic carbocycles. The van der Waals surface area contributed by atoms with Gasteiger partial charge in [0.15, 0.2) is 5.75 Å². The summed E-state index contributed by atoms with van der Waals surface area (Å²) in [6.07, 6.45) is 4.69. The van der Waals surface area contributed by atoms with Crippen LogP contribution in [0.4, 0.5) is 5.69 Å². The van der Waals surface area contributed by atoms with Gasteiger partial charge in [-0.1, -0.05) is 33.1 Å². The van der Waals surface area contributed by atoms with Crippen LogP contribution in [0.3, 0.4) is 0 Å². The third-order valence-corrected chi connectivity index (χ3v) is 4.94. The standard InChI is InChI=1S/C18H27NO5S/c1-4-6-7-14(5-2)13-24-18(20)10-11-25-15-8-9-17(23-3)16(12-15)19(21)22/h8-9,12,14H,4-7,10-11,13H2,1-3H3. The molecule has 0 amide bonds. The molecular formula is C18H27NO5S. The van der Waals surface area contributed by atoms with Crippen molar-refractivity contribution in [2.75, 3.05) is 19.5 Å². The summed E-state index contributed by atoms with van der Waals surface area (Å²) in [6.45, 7) is 4.74. The maximum atomic E-state index is 11.8. The van der Waals surface area contributed by atoms with Gasteiger partial charge in [-0.25, -0.2) is 0 Å². The highest BCUT2D eigenvalue weighted by Crippen LogP contribution is 2.31. The molecule has 0 saturated carbocycles. The number of carbonyl (C=O) groups excluding carboxylic acids is 1. The van der Waals surface area contributed by atoms with Gasteiger partial charge in [-0.3, -0.25) is 14.9 Å². The SMILES string of the molecule is CCCCC(CC)COC(=O)CCSc1ccc(OC)c([N+](=O)[O-])c1. The minimum absolute atomic E-state index is 0.0724. The molecule has 0 aliphatic rings. The highest BCUT2D eigenvalue weighted by atomic mass is 32.2. The summed E-state index contributed by atoms with van der Waals surface area (Å²) in [5.74, 6) is 0.964. The Balaban J connectivity index is 2.40. The molecule has 6 nitrogen and oxygen atoms in total. The van der Waals surface area contributed by atoms with E-state index in [2.05, 4.69) is 13.8 Å². The predicted molar refractivity (Wildman–Crippen MR) is 99.3 cm³/mol. The lowest BCUT2D eigenvalue weighted by atomic mass is 10.0. The van der Waals surface area contributed by atoms with Gasteiger partial charge >= 0.3 is 11.7 Å². The monoisotopic (exact) mass is 369 g/mol. The van der Waals surface area contributed by atoms with Crippen LogP contribution in [0.15, 0.2) is 23.1 Å². The number of thioether (sulfide) groups is 1. The van der Waals surface area contributed by atoms with Crippen LogP contribution in [0.1, 0.15) is 46.0 Å². The summed E-state index contributed by atoms with van der Waals surface area (Å²) in [5.41, 5.74) is -0.0724. The fourth-order valence-electron chi connectivity index (χ4n) is 2.34. The van der Waals surface area contributed by atoms with Crippen LogP contribution in [0.2, 0.25) is 0 Å². The normalized spacial score (nSPS) is 11.8. The molecular weight excluding hydrogens is 342 g/mol. The Morgan fingerprint density at radius 1 is 1.36 bits per heavy atom. The number of rotatable bonds is 12. The summed E-state index contributed by atoms with van der Waals surface area (Å²) < 4.78 is 10.3.